The highest BCUT2D eigenvalue weighted by Gasteiger charge is 2.20. The molecule has 0 fully saturated rings. The van der Waals surface area contributed by atoms with E-state index in [1.807, 2.05) is 54.6 Å². The van der Waals surface area contributed by atoms with E-state index >= 15 is 0 Å². The maximum atomic E-state index is 12.2. The molecule has 0 atom stereocenters. The fraction of sp³-hybridized carbons (Fsp3) is 0.0526. The lowest BCUT2D eigenvalue weighted by atomic mass is 10.1. The molecule has 0 bridgehead atoms. The van der Waals surface area contributed by atoms with Crippen LogP contribution in [0.5, 0.6) is 0 Å². The summed E-state index contributed by atoms with van der Waals surface area (Å²) in [5.41, 5.74) is 1.32. The van der Waals surface area contributed by atoms with Gasteiger partial charge in [-0.25, -0.2) is 4.79 Å². The van der Waals surface area contributed by atoms with Crippen molar-refractivity contribution >= 4 is 44.4 Å². The molecular weight excluding hydrogens is 322 g/mol. The molecule has 0 spiro atoms. The van der Waals surface area contributed by atoms with Crippen molar-refractivity contribution in [3.05, 3.63) is 71.8 Å². The Bertz CT molecular complexity index is 913. The van der Waals surface area contributed by atoms with Crippen LogP contribution in [0.3, 0.4) is 0 Å². The minimum absolute atomic E-state index is 0.296. The van der Waals surface area contributed by atoms with Crippen LogP contribution < -0.4 is 5.32 Å². The molecular formula is C19H15NO3S. The third-order valence-electron chi connectivity index (χ3n) is 3.45. The number of rotatable bonds is 4. The summed E-state index contributed by atoms with van der Waals surface area (Å²) in [6.07, 6.45) is 3.17. The third-order valence-corrected chi connectivity index (χ3v) is 4.53. The SMILES string of the molecule is COC(=O)c1c(NC(=O)/C=C/c2ccccc2)sc2ccccc12. The average Bonchev–Trinajstić information content (AvgIpc) is 2.98. The fourth-order valence-corrected chi connectivity index (χ4v) is 3.42. The molecule has 1 aromatic heterocycles. The van der Waals surface area contributed by atoms with Crippen molar-refractivity contribution in [1.29, 1.82) is 0 Å². The number of carbonyl (C=O) groups is 2. The van der Waals surface area contributed by atoms with Crippen molar-refractivity contribution < 1.29 is 14.3 Å². The summed E-state index contributed by atoms with van der Waals surface area (Å²) in [6.45, 7) is 0. The summed E-state index contributed by atoms with van der Waals surface area (Å²) in [5, 5.41) is 4.04. The highest BCUT2D eigenvalue weighted by molar-refractivity contribution is 7.23. The lowest BCUT2D eigenvalue weighted by molar-refractivity contribution is -0.111. The number of methoxy groups -OCH3 is 1. The van der Waals surface area contributed by atoms with Gasteiger partial charge < -0.3 is 10.1 Å². The number of carbonyl (C=O) groups excluding carboxylic acids is 2. The van der Waals surface area contributed by atoms with Crippen molar-refractivity contribution in [3.8, 4) is 0 Å². The number of amides is 1. The van der Waals surface area contributed by atoms with Gasteiger partial charge in [-0.05, 0) is 17.7 Å². The van der Waals surface area contributed by atoms with Crippen molar-refractivity contribution in [1.82, 2.24) is 0 Å². The van der Waals surface area contributed by atoms with Crippen molar-refractivity contribution in [2.45, 2.75) is 0 Å². The number of thiophene rings is 1. The van der Waals surface area contributed by atoms with Gasteiger partial charge in [-0.3, -0.25) is 4.79 Å². The number of fused-ring (bicyclic) bond motifs is 1. The van der Waals surface area contributed by atoms with Gasteiger partial charge in [-0.1, -0.05) is 48.5 Å². The molecule has 2 aromatic carbocycles. The molecule has 1 amide bonds. The van der Waals surface area contributed by atoms with E-state index in [2.05, 4.69) is 5.32 Å². The topological polar surface area (TPSA) is 55.4 Å². The Kier molecular flexibility index (Phi) is 4.72. The van der Waals surface area contributed by atoms with Crippen molar-refractivity contribution in [2.24, 2.45) is 0 Å². The van der Waals surface area contributed by atoms with E-state index in [1.165, 1.54) is 24.5 Å². The van der Waals surface area contributed by atoms with E-state index < -0.39 is 5.97 Å². The lowest BCUT2D eigenvalue weighted by Crippen LogP contribution is -2.11. The molecule has 3 rings (SSSR count). The Hall–Kier alpha value is -2.92. The molecule has 0 radical (unpaired) electrons. The standard InChI is InChI=1S/C19H15NO3S/c1-23-19(22)17-14-9-5-6-10-15(14)24-18(17)20-16(21)12-11-13-7-3-2-4-8-13/h2-12H,1H3,(H,20,21)/b12-11+. The molecule has 0 saturated heterocycles. The number of esters is 1. The number of hydrogen-bond donors (Lipinski definition) is 1. The molecule has 0 aliphatic carbocycles. The lowest BCUT2D eigenvalue weighted by Gasteiger charge is -2.03. The number of ether oxygens (including phenoxy) is 1. The summed E-state index contributed by atoms with van der Waals surface area (Å²) in [4.78, 5) is 24.3. The Balaban J connectivity index is 1.88. The van der Waals surface area contributed by atoms with Gasteiger partial charge in [0.15, 0.2) is 0 Å². The highest BCUT2D eigenvalue weighted by atomic mass is 32.1. The quantitative estimate of drug-likeness (QED) is 0.569. The van der Waals surface area contributed by atoms with E-state index in [0.29, 0.717) is 10.6 Å². The van der Waals surface area contributed by atoms with Gasteiger partial charge in [0.25, 0.3) is 0 Å². The first-order chi connectivity index (χ1) is 11.7. The smallest absolute Gasteiger partial charge is 0.341 e. The molecule has 0 aliphatic heterocycles. The van der Waals surface area contributed by atoms with Gasteiger partial charge in [0, 0.05) is 16.2 Å². The van der Waals surface area contributed by atoms with Crippen LogP contribution in [0.1, 0.15) is 15.9 Å². The average molecular weight is 337 g/mol. The predicted octanol–water partition coefficient (Wildman–Crippen LogP) is 4.34. The molecule has 5 heteroatoms. The van der Waals surface area contributed by atoms with Crippen LogP contribution >= 0.6 is 11.3 Å². The summed E-state index contributed by atoms with van der Waals surface area (Å²) in [5.74, 6) is -0.759. The Labute approximate surface area is 143 Å². The van der Waals surface area contributed by atoms with Crippen LogP contribution in [-0.2, 0) is 9.53 Å². The van der Waals surface area contributed by atoms with E-state index in [0.717, 1.165) is 15.6 Å². The molecule has 0 unspecified atom stereocenters. The molecule has 24 heavy (non-hydrogen) atoms. The van der Waals surface area contributed by atoms with E-state index in [9.17, 15) is 9.59 Å². The Morgan fingerprint density at radius 1 is 1.04 bits per heavy atom. The monoisotopic (exact) mass is 337 g/mol. The van der Waals surface area contributed by atoms with E-state index in [-0.39, 0.29) is 5.91 Å². The Morgan fingerprint density at radius 3 is 2.50 bits per heavy atom. The van der Waals surface area contributed by atoms with E-state index in [1.54, 1.807) is 6.08 Å². The highest BCUT2D eigenvalue weighted by Crippen LogP contribution is 2.36. The first kappa shape index (κ1) is 16.0. The van der Waals surface area contributed by atoms with Crippen molar-refractivity contribution in [3.63, 3.8) is 0 Å². The van der Waals surface area contributed by atoms with Gasteiger partial charge >= 0.3 is 5.97 Å². The van der Waals surface area contributed by atoms with Crippen molar-refractivity contribution in [2.75, 3.05) is 12.4 Å². The first-order valence-electron chi connectivity index (χ1n) is 7.33. The molecule has 120 valence electrons. The maximum Gasteiger partial charge on any atom is 0.341 e. The number of nitrogens with one attached hydrogen (secondary N) is 1. The third kappa shape index (κ3) is 3.36. The number of benzene rings is 2. The minimum Gasteiger partial charge on any atom is -0.465 e. The molecule has 3 aromatic rings. The summed E-state index contributed by atoms with van der Waals surface area (Å²) >= 11 is 1.35. The molecule has 0 aliphatic rings. The van der Waals surface area contributed by atoms with Gasteiger partial charge in [0.05, 0.1) is 7.11 Å². The van der Waals surface area contributed by atoms with Gasteiger partial charge in [0.2, 0.25) is 5.91 Å². The van der Waals surface area contributed by atoms with Crippen LogP contribution in [0.25, 0.3) is 16.2 Å². The zero-order valence-corrected chi connectivity index (χ0v) is 13.8. The van der Waals surface area contributed by atoms with Crippen LogP contribution in [0, 0.1) is 0 Å². The summed E-state index contributed by atoms with van der Waals surface area (Å²) in [7, 11) is 1.33. The fourth-order valence-electron chi connectivity index (χ4n) is 2.33. The summed E-state index contributed by atoms with van der Waals surface area (Å²) in [6, 6.07) is 17.0. The molecule has 4 nitrogen and oxygen atoms in total. The van der Waals surface area contributed by atoms with Gasteiger partial charge in [-0.2, -0.15) is 0 Å². The van der Waals surface area contributed by atoms with Crippen LogP contribution in [-0.4, -0.2) is 19.0 Å². The molecule has 1 heterocycles. The van der Waals surface area contributed by atoms with Crippen LogP contribution in [0.2, 0.25) is 0 Å². The second-order valence-electron chi connectivity index (χ2n) is 5.03. The van der Waals surface area contributed by atoms with Gasteiger partial charge in [0.1, 0.15) is 10.6 Å². The largest absolute Gasteiger partial charge is 0.465 e. The first-order valence-corrected chi connectivity index (χ1v) is 8.14. The predicted molar refractivity (Wildman–Crippen MR) is 97.3 cm³/mol. The van der Waals surface area contributed by atoms with E-state index in [4.69, 9.17) is 4.74 Å². The summed E-state index contributed by atoms with van der Waals surface area (Å²) < 4.78 is 5.77. The number of anilines is 1. The minimum atomic E-state index is -0.463. The zero-order chi connectivity index (χ0) is 16.9. The molecule has 1 N–H and O–H groups in total. The van der Waals surface area contributed by atoms with Crippen LogP contribution in [0.15, 0.2) is 60.7 Å². The molecule has 0 saturated carbocycles. The number of hydrogen-bond acceptors (Lipinski definition) is 4. The van der Waals surface area contributed by atoms with Gasteiger partial charge in [-0.15, -0.1) is 11.3 Å². The van der Waals surface area contributed by atoms with Crippen LogP contribution in [0.4, 0.5) is 5.00 Å². The maximum absolute atomic E-state index is 12.2. The second-order valence-corrected chi connectivity index (χ2v) is 6.08. The normalized spacial score (nSPS) is 10.9. The Morgan fingerprint density at radius 2 is 1.75 bits per heavy atom. The second kappa shape index (κ2) is 7.10. The zero-order valence-electron chi connectivity index (χ0n) is 13.0.